The lowest BCUT2D eigenvalue weighted by Crippen LogP contribution is -2.24. The number of hydrogen-bond donors (Lipinski definition) is 0. The number of anilines is 1. The molecule has 1 unspecified atom stereocenters. The highest BCUT2D eigenvalue weighted by molar-refractivity contribution is 7.18. The van der Waals surface area contributed by atoms with Crippen LogP contribution in [0.2, 0.25) is 0 Å². The van der Waals surface area contributed by atoms with Crippen molar-refractivity contribution in [2.45, 2.75) is 6.42 Å². The van der Waals surface area contributed by atoms with Gasteiger partial charge in [0.1, 0.15) is 5.01 Å². The van der Waals surface area contributed by atoms with Gasteiger partial charge >= 0.3 is 0 Å². The van der Waals surface area contributed by atoms with Crippen LogP contribution in [0.3, 0.4) is 0 Å². The maximum absolute atomic E-state index is 11.9. The summed E-state index contributed by atoms with van der Waals surface area (Å²) in [5, 5.41) is 9.70. The molecule has 0 radical (unpaired) electrons. The van der Waals surface area contributed by atoms with Crippen LogP contribution in [0.25, 0.3) is 10.6 Å². The summed E-state index contributed by atoms with van der Waals surface area (Å²) in [6.07, 6.45) is 5.76. The third-order valence-corrected chi connectivity index (χ3v) is 4.06. The quantitative estimate of drug-likeness (QED) is 0.803. The van der Waals surface area contributed by atoms with Crippen molar-refractivity contribution in [1.82, 2.24) is 15.2 Å². The number of rotatable bonds is 3. The molecule has 0 saturated carbocycles. The van der Waals surface area contributed by atoms with Crippen LogP contribution in [0.4, 0.5) is 5.13 Å². The SMILES string of the molecule is C=CC1CC(=O)N(c2nnc(-c3ccncc3)s2)C1. The minimum Gasteiger partial charge on any atom is -0.286 e. The lowest BCUT2D eigenvalue weighted by atomic mass is 10.1. The van der Waals surface area contributed by atoms with Crippen molar-refractivity contribution in [1.29, 1.82) is 0 Å². The molecule has 0 spiro atoms. The minimum absolute atomic E-state index is 0.0855. The summed E-state index contributed by atoms with van der Waals surface area (Å²) < 4.78 is 0. The Bertz CT molecular complexity index is 610. The average molecular weight is 272 g/mol. The van der Waals surface area contributed by atoms with Gasteiger partial charge in [-0.1, -0.05) is 17.4 Å². The number of nitrogens with zero attached hydrogens (tertiary/aromatic N) is 4. The zero-order valence-corrected chi connectivity index (χ0v) is 11.0. The smallest absolute Gasteiger partial charge is 0.229 e. The second-order valence-corrected chi connectivity index (χ2v) is 5.29. The minimum atomic E-state index is 0.0855. The Balaban J connectivity index is 1.86. The second kappa shape index (κ2) is 4.89. The summed E-state index contributed by atoms with van der Waals surface area (Å²) >= 11 is 1.42. The summed E-state index contributed by atoms with van der Waals surface area (Å²) in [6, 6.07) is 3.76. The van der Waals surface area contributed by atoms with E-state index in [0.717, 1.165) is 10.6 Å². The number of carbonyl (C=O) groups excluding carboxylic acids is 1. The van der Waals surface area contributed by atoms with Crippen LogP contribution in [0.15, 0.2) is 37.2 Å². The van der Waals surface area contributed by atoms with E-state index in [0.29, 0.717) is 18.1 Å². The van der Waals surface area contributed by atoms with E-state index >= 15 is 0 Å². The van der Waals surface area contributed by atoms with Crippen LogP contribution < -0.4 is 4.90 Å². The van der Waals surface area contributed by atoms with E-state index in [1.165, 1.54) is 11.3 Å². The van der Waals surface area contributed by atoms with E-state index in [4.69, 9.17) is 0 Å². The predicted octanol–water partition coefficient (Wildman–Crippen LogP) is 2.14. The number of amides is 1. The van der Waals surface area contributed by atoms with Crippen molar-refractivity contribution < 1.29 is 4.79 Å². The molecule has 96 valence electrons. The molecular weight excluding hydrogens is 260 g/mol. The van der Waals surface area contributed by atoms with Gasteiger partial charge in [0.05, 0.1) is 0 Å². The monoisotopic (exact) mass is 272 g/mol. The molecule has 6 heteroatoms. The molecular formula is C13H12N4OS. The highest BCUT2D eigenvalue weighted by Gasteiger charge is 2.31. The standard InChI is InChI=1S/C13H12N4OS/c1-2-9-7-11(18)17(8-9)13-16-15-12(19-13)10-3-5-14-6-4-10/h2-6,9H,1,7-8H2. The number of hydrogen-bond acceptors (Lipinski definition) is 5. The molecule has 0 N–H and O–H groups in total. The van der Waals surface area contributed by atoms with Gasteiger partial charge in [0, 0.05) is 36.8 Å². The van der Waals surface area contributed by atoms with Crippen molar-refractivity contribution in [2.75, 3.05) is 11.4 Å². The molecule has 3 rings (SSSR count). The van der Waals surface area contributed by atoms with Gasteiger partial charge in [-0.25, -0.2) is 0 Å². The van der Waals surface area contributed by atoms with Crippen molar-refractivity contribution in [3.63, 3.8) is 0 Å². The molecule has 19 heavy (non-hydrogen) atoms. The Hall–Kier alpha value is -2.08. The molecule has 1 aliphatic heterocycles. The molecule has 0 bridgehead atoms. The summed E-state index contributed by atoms with van der Waals surface area (Å²) in [5.41, 5.74) is 0.964. The highest BCUT2D eigenvalue weighted by Crippen LogP contribution is 2.32. The van der Waals surface area contributed by atoms with Gasteiger partial charge in [-0.2, -0.15) is 0 Å². The van der Waals surface area contributed by atoms with E-state index in [-0.39, 0.29) is 11.8 Å². The zero-order valence-electron chi connectivity index (χ0n) is 10.2. The Labute approximate surface area is 114 Å². The lowest BCUT2D eigenvalue weighted by Gasteiger charge is -2.10. The van der Waals surface area contributed by atoms with Gasteiger partial charge in [0.25, 0.3) is 0 Å². The summed E-state index contributed by atoms with van der Waals surface area (Å²) in [6.45, 7) is 4.39. The van der Waals surface area contributed by atoms with E-state index < -0.39 is 0 Å². The van der Waals surface area contributed by atoms with Gasteiger partial charge in [-0.3, -0.25) is 14.7 Å². The van der Waals surface area contributed by atoms with Crippen molar-refractivity contribution >= 4 is 22.4 Å². The molecule has 0 aromatic carbocycles. The normalized spacial score (nSPS) is 18.8. The fourth-order valence-electron chi connectivity index (χ4n) is 2.01. The molecule has 1 aliphatic rings. The second-order valence-electron chi connectivity index (χ2n) is 4.33. The largest absolute Gasteiger partial charge is 0.286 e. The molecule has 1 atom stereocenters. The summed E-state index contributed by atoms with van der Waals surface area (Å²) in [4.78, 5) is 17.6. The fraction of sp³-hybridized carbons (Fsp3) is 0.231. The Morgan fingerprint density at radius 3 is 2.84 bits per heavy atom. The first-order valence-corrected chi connectivity index (χ1v) is 6.76. The van der Waals surface area contributed by atoms with Gasteiger partial charge in [-0.15, -0.1) is 16.8 Å². The summed E-state index contributed by atoms with van der Waals surface area (Å²) in [5.74, 6) is 0.295. The van der Waals surface area contributed by atoms with Gasteiger partial charge in [-0.05, 0) is 12.1 Å². The fourth-order valence-corrected chi connectivity index (χ4v) is 2.89. The number of carbonyl (C=O) groups is 1. The van der Waals surface area contributed by atoms with Crippen LogP contribution in [-0.4, -0.2) is 27.6 Å². The van der Waals surface area contributed by atoms with Crippen LogP contribution in [0.1, 0.15) is 6.42 Å². The predicted molar refractivity (Wildman–Crippen MR) is 73.8 cm³/mol. The topological polar surface area (TPSA) is 59.0 Å². The maximum atomic E-state index is 11.9. The van der Waals surface area contributed by atoms with Gasteiger partial charge in [0.15, 0.2) is 0 Å². The van der Waals surface area contributed by atoms with Gasteiger partial charge in [0.2, 0.25) is 11.0 Å². The molecule has 1 amide bonds. The average Bonchev–Trinajstić information content (AvgIpc) is 3.06. The highest BCUT2D eigenvalue weighted by atomic mass is 32.1. The van der Waals surface area contributed by atoms with E-state index in [1.54, 1.807) is 17.3 Å². The Kier molecular flexibility index (Phi) is 3.08. The van der Waals surface area contributed by atoms with Crippen molar-refractivity contribution in [3.05, 3.63) is 37.2 Å². The van der Waals surface area contributed by atoms with Crippen molar-refractivity contribution in [3.8, 4) is 10.6 Å². The number of aromatic nitrogens is 3. The van der Waals surface area contributed by atoms with Crippen LogP contribution in [0.5, 0.6) is 0 Å². The van der Waals surface area contributed by atoms with E-state index in [2.05, 4.69) is 21.8 Å². The molecule has 2 aromatic heterocycles. The van der Waals surface area contributed by atoms with E-state index in [1.807, 2.05) is 18.2 Å². The van der Waals surface area contributed by atoms with Gasteiger partial charge < -0.3 is 0 Å². The maximum Gasteiger partial charge on any atom is 0.229 e. The molecule has 0 aliphatic carbocycles. The molecule has 3 heterocycles. The van der Waals surface area contributed by atoms with Crippen LogP contribution in [-0.2, 0) is 4.79 Å². The molecule has 2 aromatic rings. The first-order valence-electron chi connectivity index (χ1n) is 5.95. The Morgan fingerprint density at radius 2 is 2.16 bits per heavy atom. The third-order valence-electron chi connectivity index (χ3n) is 3.06. The molecule has 5 nitrogen and oxygen atoms in total. The first kappa shape index (κ1) is 12.0. The van der Waals surface area contributed by atoms with E-state index in [9.17, 15) is 4.79 Å². The summed E-state index contributed by atoms with van der Waals surface area (Å²) in [7, 11) is 0. The first-order chi connectivity index (χ1) is 9.28. The van der Waals surface area contributed by atoms with Crippen molar-refractivity contribution in [2.24, 2.45) is 5.92 Å². The lowest BCUT2D eigenvalue weighted by molar-refractivity contribution is -0.117. The van der Waals surface area contributed by atoms with Crippen LogP contribution >= 0.6 is 11.3 Å². The zero-order chi connectivity index (χ0) is 13.2. The van der Waals surface area contributed by atoms with Crippen LogP contribution in [0, 0.1) is 5.92 Å². The molecule has 1 fully saturated rings. The third kappa shape index (κ3) is 2.26. The molecule has 1 saturated heterocycles. The Morgan fingerprint density at radius 1 is 1.37 bits per heavy atom. The number of pyridine rings is 1.